The van der Waals surface area contributed by atoms with Crippen LogP contribution in [0.2, 0.25) is 0 Å². The van der Waals surface area contributed by atoms with Gasteiger partial charge in [0, 0.05) is 34.5 Å². The van der Waals surface area contributed by atoms with Gasteiger partial charge in [-0.3, -0.25) is 9.59 Å². The van der Waals surface area contributed by atoms with Crippen molar-refractivity contribution in [3.63, 3.8) is 0 Å². The number of carbonyl (C=O) groups excluding carboxylic acids is 2. The molecule has 2 N–H and O–H groups in total. The van der Waals surface area contributed by atoms with Crippen LogP contribution in [0.1, 0.15) is 23.0 Å². The lowest BCUT2D eigenvalue weighted by Gasteiger charge is -2.16. The molecule has 1 unspecified atom stereocenters. The molecule has 0 aliphatic rings. The lowest BCUT2D eigenvalue weighted by molar-refractivity contribution is -0.115. The van der Waals surface area contributed by atoms with Crippen molar-refractivity contribution < 1.29 is 19.1 Å². The first kappa shape index (κ1) is 22.7. The highest BCUT2D eigenvalue weighted by Gasteiger charge is 2.19. The summed E-state index contributed by atoms with van der Waals surface area (Å²) in [6.45, 7) is 1.96. The number of hydrogen-bond acceptors (Lipinski definition) is 6. The third kappa shape index (κ3) is 6.26. The molecule has 2 amide bonds. The largest absolute Gasteiger partial charge is 0.497 e. The maximum absolute atomic E-state index is 12.9. The van der Waals surface area contributed by atoms with Crippen LogP contribution in [0.5, 0.6) is 11.5 Å². The van der Waals surface area contributed by atoms with E-state index in [0.717, 1.165) is 4.90 Å². The number of carbonyl (C=O) groups is 2. The Morgan fingerprint density at radius 1 is 0.968 bits per heavy atom. The molecule has 3 rings (SSSR count). The number of anilines is 2. The van der Waals surface area contributed by atoms with Gasteiger partial charge in [0.2, 0.25) is 5.91 Å². The summed E-state index contributed by atoms with van der Waals surface area (Å²) in [4.78, 5) is 26.7. The van der Waals surface area contributed by atoms with E-state index in [1.807, 2.05) is 42.6 Å². The van der Waals surface area contributed by atoms with Crippen LogP contribution in [0.3, 0.4) is 0 Å². The van der Waals surface area contributed by atoms with E-state index in [4.69, 9.17) is 9.47 Å². The highest BCUT2D eigenvalue weighted by atomic mass is 32.2. The Morgan fingerprint density at radius 2 is 1.71 bits per heavy atom. The molecule has 8 heteroatoms. The zero-order valence-corrected chi connectivity index (χ0v) is 19.1. The first-order chi connectivity index (χ1) is 15.0. The van der Waals surface area contributed by atoms with Crippen molar-refractivity contribution in [1.29, 1.82) is 0 Å². The number of benzene rings is 2. The number of methoxy groups -OCH3 is 2. The Kier molecular flexibility index (Phi) is 7.97. The zero-order valence-electron chi connectivity index (χ0n) is 17.5. The van der Waals surface area contributed by atoms with Gasteiger partial charge in [-0.05, 0) is 36.1 Å². The fourth-order valence-corrected chi connectivity index (χ4v) is 4.47. The van der Waals surface area contributed by atoms with E-state index in [9.17, 15) is 9.59 Å². The summed E-state index contributed by atoms with van der Waals surface area (Å²) in [5, 5.41) is 7.40. The van der Waals surface area contributed by atoms with E-state index < -0.39 is 0 Å². The summed E-state index contributed by atoms with van der Waals surface area (Å²) in [6.07, 6.45) is 0.642. The third-order valence-corrected chi connectivity index (χ3v) is 6.62. The Bertz CT molecular complexity index is 1020. The van der Waals surface area contributed by atoms with Crippen molar-refractivity contribution in [2.45, 2.75) is 23.5 Å². The molecule has 0 aliphatic carbocycles. The van der Waals surface area contributed by atoms with Crippen LogP contribution in [0.25, 0.3) is 0 Å². The van der Waals surface area contributed by atoms with Gasteiger partial charge in [-0.15, -0.1) is 23.1 Å². The quantitative estimate of drug-likeness (QED) is 0.414. The monoisotopic (exact) mass is 456 g/mol. The number of thioether (sulfide) groups is 1. The molecular weight excluding hydrogens is 432 g/mol. The molecule has 6 nitrogen and oxygen atoms in total. The summed E-state index contributed by atoms with van der Waals surface area (Å²) in [5.41, 5.74) is 1.30. The van der Waals surface area contributed by atoms with Crippen molar-refractivity contribution in [3.05, 3.63) is 64.9 Å². The predicted molar refractivity (Wildman–Crippen MR) is 127 cm³/mol. The first-order valence-electron chi connectivity index (χ1n) is 9.68. The van der Waals surface area contributed by atoms with Crippen LogP contribution < -0.4 is 20.1 Å². The van der Waals surface area contributed by atoms with Crippen LogP contribution in [-0.4, -0.2) is 31.3 Å². The molecule has 0 bridgehead atoms. The maximum atomic E-state index is 12.9. The number of rotatable bonds is 9. The first-order valence-corrected chi connectivity index (χ1v) is 11.4. The second-order valence-corrected chi connectivity index (χ2v) is 8.79. The van der Waals surface area contributed by atoms with Gasteiger partial charge in [-0.2, -0.15) is 0 Å². The van der Waals surface area contributed by atoms with Gasteiger partial charge in [0.25, 0.3) is 5.91 Å². The van der Waals surface area contributed by atoms with Crippen molar-refractivity contribution in [1.82, 2.24) is 0 Å². The number of nitrogens with one attached hydrogen (secondary N) is 2. The highest BCUT2D eigenvalue weighted by Crippen LogP contribution is 2.30. The standard InChI is InChI=1S/C23H24N2O4S2/c1-4-20(22(26)25-16-11-17(28-2)14-18(12-16)29-3)31-19-8-5-7-15(13-19)24-23(27)21-9-6-10-30-21/h5-14,20H,4H2,1-3H3,(H,24,27)(H,25,26). The molecule has 3 aromatic rings. The topological polar surface area (TPSA) is 76.7 Å². The molecule has 1 atom stereocenters. The Morgan fingerprint density at radius 3 is 2.32 bits per heavy atom. The van der Waals surface area contributed by atoms with E-state index in [-0.39, 0.29) is 17.1 Å². The average molecular weight is 457 g/mol. The molecule has 0 saturated heterocycles. The predicted octanol–water partition coefficient (Wildman–Crippen LogP) is 5.53. The summed E-state index contributed by atoms with van der Waals surface area (Å²) in [6, 6.07) is 16.4. The maximum Gasteiger partial charge on any atom is 0.265 e. The van der Waals surface area contributed by atoms with E-state index in [1.165, 1.54) is 23.1 Å². The summed E-state index contributed by atoms with van der Waals surface area (Å²) < 4.78 is 10.5. The van der Waals surface area contributed by atoms with Crippen molar-refractivity contribution >= 4 is 46.3 Å². The van der Waals surface area contributed by atoms with Crippen LogP contribution in [0, 0.1) is 0 Å². The van der Waals surface area contributed by atoms with Crippen molar-refractivity contribution in [2.75, 3.05) is 24.9 Å². The minimum Gasteiger partial charge on any atom is -0.497 e. The van der Waals surface area contributed by atoms with Crippen LogP contribution in [-0.2, 0) is 4.79 Å². The van der Waals surface area contributed by atoms with E-state index in [2.05, 4.69) is 10.6 Å². The molecule has 0 saturated carbocycles. The van der Waals surface area contributed by atoms with Gasteiger partial charge in [0.1, 0.15) is 11.5 Å². The molecule has 0 fully saturated rings. The smallest absolute Gasteiger partial charge is 0.265 e. The SMILES string of the molecule is CCC(Sc1cccc(NC(=O)c2cccs2)c1)C(=O)Nc1cc(OC)cc(OC)c1. The molecule has 162 valence electrons. The minimum absolute atomic E-state index is 0.115. The van der Waals surface area contributed by atoms with Gasteiger partial charge in [-0.1, -0.05) is 19.1 Å². The van der Waals surface area contributed by atoms with Crippen LogP contribution in [0.15, 0.2) is 64.9 Å². The molecule has 0 aliphatic heterocycles. The molecule has 0 spiro atoms. The second-order valence-electron chi connectivity index (χ2n) is 6.56. The van der Waals surface area contributed by atoms with Gasteiger partial charge < -0.3 is 20.1 Å². The van der Waals surface area contributed by atoms with Gasteiger partial charge in [-0.25, -0.2) is 0 Å². The van der Waals surface area contributed by atoms with Crippen LogP contribution in [0.4, 0.5) is 11.4 Å². The zero-order chi connectivity index (χ0) is 22.2. The summed E-state index contributed by atoms with van der Waals surface area (Å²) in [5.74, 6) is 0.943. The normalized spacial score (nSPS) is 11.5. The van der Waals surface area contributed by atoms with Crippen LogP contribution >= 0.6 is 23.1 Å². The van der Waals surface area contributed by atoms with Crippen molar-refractivity contribution in [2.24, 2.45) is 0 Å². The van der Waals surface area contributed by atoms with E-state index in [1.54, 1.807) is 38.5 Å². The molecule has 1 heterocycles. The highest BCUT2D eigenvalue weighted by molar-refractivity contribution is 8.00. The van der Waals surface area contributed by atoms with E-state index >= 15 is 0 Å². The molecular formula is C23H24N2O4S2. The molecule has 0 radical (unpaired) electrons. The van der Waals surface area contributed by atoms with Gasteiger partial charge >= 0.3 is 0 Å². The lowest BCUT2D eigenvalue weighted by Crippen LogP contribution is -2.24. The third-order valence-electron chi connectivity index (χ3n) is 4.40. The summed E-state index contributed by atoms with van der Waals surface area (Å²) >= 11 is 2.84. The average Bonchev–Trinajstić information content (AvgIpc) is 3.32. The fraction of sp³-hybridized carbons (Fsp3) is 0.217. The number of hydrogen-bond donors (Lipinski definition) is 2. The Labute approximate surface area is 190 Å². The summed E-state index contributed by atoms with van der Waals surface area (Å²) in [7, 11) is 3.13. The van der Waals surface area contributed by atoms with Crippen molar-refractivity contribution in [3.8, 4) is 11.5 Å². The fourth-order valence-electron chi connectivity index (χ4n) is 2.84. The Balaban J connectivity index is 1.68. The number of thiophene rings is 1. The Hall–Kier alpha value is -2.97. The van der Waals surface area contributed by atoms with Gasteiger partial charge in [0.05, 0.1) is 24.3 Å². The minimum atomic E-state index is -0.305. The van der Waals surface area contributed by atoms with Gasteiger partial charge in [0.15, 0.2) is 0 Å². The second kappa shape index (κ2) is 10.9. The molecule has 31 heavy (non-hydrogen) atoms. The number of ether oxygens (including phenoxy) is 2. The number of amides is 2. The lowest BCUT2D eigenvalue weighted by atomic mass is 10.2. The molecule has 1 aromatic heterocycles. The molecule has 2 aromatic carbocycles. The van der Waals surface area contributed by atoms with E-state index in [0.29, 0.717) is 34.2 Å².